The first kappa shape index (κ1) is 33.0. The van der Waals surface area contributed by atoms with Gasteiger partial charge < -0.3 is 24.8 Å². The average molecular weight is 616 g/mol. The van der Waals surface area contributed by atoms with Crippen molar-refractivity contribution in [2.24, 2.45) is 0 Å². The zero-order valence-electron chi connectivity index (χ0n) is 22.7. The summed E-state index contributed by atoms with van der Waals surface area (Å²) in [6, 6.07) is 20.1. The van der Waals surface area contributed by atoms with Crippen LogP contribution in [-0.2, 0) is 31.6 Å². The molecule has 189 valence electrons. The van der Waals surface area contributed by atoms with Crippen LogP contribution in [0.15, 0.2) is 87.7 Å². The Labute approximate surface area is 252 Å². The Bertz CT molecular complexity index is 1340. The molecule has 2 aliphatic rings. The average Bonchev–Trinajstić information content (AvgIpc) is 3.37. The van der Waals surface area contributed by atoms with E-state index >= 15 is 0 Å². The maximum absolute atomic E-state index is 2.36. The molecule has 1 unspecified atom stereocenters. The van der Waals surface area contributed by atoms with Crippen LogP contribution in [0.25, 0.3) is 21.9 Å². The molecule has 1 atom stereocenters. The van der Waals surface area contributed by atoms with Gasteiger partial charge in [-0.3, -0.25) is 0 Å². The summed E-state index contributed by atoms with van der Waals surface area (Å²) in [4.78, 5) is 4.77. The molecule has 0 saturated carbocycles. The zero-order valence-corrected chi connectivity index (χ0v) is 27.5. The van der Waals surface area contributed by atoms with E-state index in [1.807, 2.05) is 0 Å². The molecule has 1 heterocycles. The van der Waals surface area contributed by atoms with Crippen LogP contribution in [0, 0.1) is 6.92 Å². The number of rotatable bonds is 1. The molecule has 4 heteroatoms. The fraction of sp³-hybridized carbons (Fsp3) is 0.312. The third kappa shape index (κ3) is 7.08. The number of hydrogen-bond acceptors (Lipinski definition) is 0. The normalized spacial score (nSPS) is 16.1. The second kappa shape index (κ2) is 13.1. The van der Waals surface area contributed by atoms with Gasteiger partial charge in [0.15, 0.2) is 0 Å². The predicted molar refractivity (Wildman–Crippen MR) is 152 cm³/mol. The SMILES string of the molecule is CC1=CC2=C(C1)S(=C(C)C)C(C)=C2.Cc1cc2c(-c3ccc(C(C)(C)C)cc3)cccc2[cH-]1.[Cl-].[Cl-].[Zr+3]. The first-order valence-electron chi connectivity index (χ1n) is 11.9. The quantitative estimate of drug-likeness (QED) is 0.289. The van der Waals surface area contributed by atoms with Crippen molar-refractivity contribution in [3.8, 4) is 11.1 Å². The van der Waals surface area contributed by atoms with E-state index in [0.29, 0.717) is 10.5 Å². The molecule has 1 aliphatic carbocycles. The van der Waals surface area contributed by atoms with Crippen molar-refractivity contribution in [1.82, 2.24) is 0 Å². The summed E-state index contributed by atoms with van der Waals surface area (Å²) in [6.07, 6.45) is 5.91. The van der Waals surface area contributed by atoms with Gasteiger partial charge in [0, 0.05) is 0 Å². The van der Waals surface area contributed by atoms with Crippen LogP contribution >= 0.6 is 10.5 Å². The minimum atomic E-state index is 0. The van der Waals surface area contributed by atoms with E-state index in [-0.39, 0.29) is 56.4 Å². The molecule has 0 N–H and O–H groups in total. The summed E-state index contributed by atoms with van der Waals surface area (Å²) < 4.78 is 0. The smallest absolute Gasteiger partial charge is 1.00 e. The summed E-state index contributed by atoms with van der Waals surface area (Å²) in [7, 11) is 0.355. The Morgan fingerprint density at radius 1 is 0.889 bits per heavy atom. The van der Waals surface area contributed by atoms with Crippen LogP contribution < -0.4 is 24.8 Å². The molecule has 3 aromatic rings. The summed E-state index contributed by atoms with van der Waals surface area (Å²) >= 11 is 0. The molecule has 0 fully saturated rings. The Balaban J connectivity index is 0.000000357. The summed E-state index contributed by atoms with van der Waals surface area (Å²) in [5, 5.41) is 2.69. The molecule has 36 heavy (non-hydrogen) atoms. The molecule has 1 aliphatic heterocycles. The minimum Gasteiger partial charge on any atom is -1.00 e. The van der Waals surface area contributed by atoms with Gasteiger partial charge in [0.2, 0.25) is 0 Å². The van der Waals surface area contributed by atoms with Crippen molar-refractivity contribution < 1.29 is 51.0 Å². The summed E-state index contributed by atoms with van der Waals surface area (Å²) in [5.74, 6) is 0. The third-order valence-electron chi connectivity index (χ3n) is 6.46. The van der Waals surface area contributed by atoms with Crippen LogP contribution in [0.4, 0.5) is 0 Å². The van der Waals surface area contributed by atoms with Gasteiger partial charge in [-0.15, -0.1) is 45.0 Å². The Hall–Kier alpha value is -1.05. The van der Waals surface area contributed by atoms with Crippen LogP contribution in [0.5, 0.6) is 0 Å². The van der Waals surface area contributed by atoms with Gasteiger partial charge in [-0.05, 0) is 77.0 Å². The number of hydrogen-bond donors (Lipinski definition) is 0. The van der Waals surface area contributed by atoms with Crippen LogP contribution in [0.1, 0.15) is 66.0 Å². The Morgan fingerprint density at radius 2 is 1.53 bits per heavy atom. The molecule has 0 nitrogen and oxygen atoms in total. The molecular weight excluding hydrogens is 579 g/mol. The molecular formula is C32H37Cl2SZr. The molecule has 0 saturated heterocycles. The first-order chi connectivity index (χ1) is 15.5. The van der Waals surface area contributed by atoms with Crippen molar-refractivity contribution in [2.75, 3.05) is 0 Å². The van der Waals surface area contributed by atoms with E-state index in [4.69, 9.17) is 0 Å². The summed E-state index contributed by atoms with van der Waals surface area (Å²) in [5.41, 5.74) is 8.57. The zero-order chi connectivity index (χ0) is 23.9. The second-order valence-electron chi connectivity index (χ2n) is 10.7. The van der Waals surface area contributed by atoms with E-state index < -0.39 is 0 Å². The second-order valence-corrected chi connectivity index (χ2v) is 13.2. The fourth-order valence-electron chi connectivity index (χ4n) is 4.89. The van der Waals surface area contributed by atoms with E-state index in [1.165, 1.54) is 50.6 Å². The standard InChI is InChI=1S/C20H21.C12H16S.2ClH.Zr/c1-14-12-16-6-5-7-18(19(16)13-14)15-8-10-17(11-9-15)20(2,3)4;1-8(2)13-10(4)7-11-5-9(3)6-12(11)13;;;/h5-13H,1-4H3;5,7H,6H2,1-4H3;2*1H;/q-1;;;;+3/p-2. The summed E-state index contributed by atoms with van der Waals surface area (Å²) in [6.45, 7) is 17.9. The van der Waals surface area contributed by atoms with Gasteiger partial charge in [0.1, 0.15) is 0 Å². The molecule has 0 amide bonds. The van der Waals surface area contributed by atoms with Crippen LogP contribution in [0.3, 0.4) is 0 Å². The van der Waals surface area contributed by atoms with Gasteiger partial charge in [0.25, 0.3) is 0 Å². The van der Waals surface area contributed by atoms with Gasteiger partial charge in [-0.2, -0.15) is 6.07 Å². The molecule has 0 aromatic heterocycles. The fourth-order valence-corrected chi connectivity index (χ4v) is 7.39. The molecule has 3 aromatic carbocycles. The number of aryl methyl sites for hydroxylation is 1. The largest absolute Gasteiger partial charge is 3.00 e. The predicted octanol–water partition coefficient (Wildman–Crippen LogP) is 3.83. The van der Waals surface area contributed by atoms with Crippen LogP contribution in [-0.4, -0.2) is 4.86 Å². The van der Waals surface area contributed by atoms with Crippen molar-refractivity contribution in [3.63, 3.8) is 0 Å². The first-order valence-corrected chi connectivity index (χ1v) is 13.2. The van der Waals surface area contributed by atoms with E-state index in [0.717, 1.165) is 0 Å². The van der Waals surface area contributed by atoms with Gasteiger partial charge in [-0.25, -0.2) is 0 Å². The molecule has 1 radical (unpaired) electrons. The third-order valence-corrected chi connectivity index (χ3v) is 8.91. The number of benzene rings is 2. The van der Waals surface area contributed by atoms with E-state index in [2.05, 4.69) is 122 Å². The van der Waals surface area contributed by atoms with Gasteiger partial charge in [0.05, 0.1) is 0 Å². The number of halogens is 2. The maximum atomic E-state index is 2.36. The van der Waals surface area contributed by atoms with E-state index in [1.54, 1.807) is 14.7 Å². The van der Waals surface area contributed by atoms with Crippen molar-refractivity contribution >= 4 is 26.1 Å². The van der Waals surface area contributed by atoms with Crippen molar-refractivity contribution in [2.45, 2.75) is 67.2 Å². The molecule has 0 spiro atoms. The van der Waals surface area contributed by atoms with E-state index in [9.17, 15) is 0 Å². The molecule has 5 rings (SSSR count). The molecule has 0 bridgehead atoms. The van der Waals surface area contributed by atoms with Gasteiger partial charge in [-0.1, -0.05) is 75.2 Å². The monoisotopic (exact) mass is 613 g/mol. The van der Waals surface area contributed by atoms with Crippen LogP contribution in [0.2, 0.25) is 0 Å². The number of fused-ring (bicyclic) bond motifs is 1. The van der Waals surface area contributed by atoms with Crippen molar-refractivity contribution in [3.05, 3.63) is 98.8 Å². The Morgan fingerprint density at radius 3 is 2.11 bits per heavy atom. The minimum absolute atomic E-state index is 0. The number of allylic oxidation sites excluding steroid dienone is 6. The topological polar surface area (TPSA) is 0 Å². The van der Waals surface area contributed by atoms with Crippen molar-refractivity contribution in [1.29, 1.82) is 0 Å². The maximum Gasteiger partial charge on any atom is 3.00 e. The van der Waals surface area contributed by atoms with Gasteiger partial charge >= 0.3 is 26.2 Å². The Kier molecular flexibility index (Phi) is 12.0.